The first kappa shape index (κ1) is 17.1. The second-order valence-corrected chi connectivity index (χ2v) is 6.13. The maximum atomic E-state index is 13.9. The van der Waals surface area contributed by atoms with Crippen LogP contribution in [0.5, 0.6) is 0 Å². The van der Waals surface area contributed by atoms with Crippen molar-refractivity contribution in [2.75, 3.05) is 12.4 Å². The molecule has 1 N–H and O–H groups in total. The van der Waals surface area contributed by atoms with Gasteiger partial charge in [-0.05, 0) is 35.5 Å². The van der Waals surface area contributed by atoms with E-state index in [1.54, 1.807) is 18.2 Å². The molecule has 0 spiro atoms. The third-order valence-corrected chi connectivity index (χ3v) is 4.44. The van der Waals surface area contributed by atoms with Crippen molar-refractivity contribution in [2.45, 2.75) is 6.04 Å². The summed E-state index contributed by atoms with van der Waals surface area (Å²) < 4.78 is 13.9. The summed E-state index contributed by atoms with van der Waals surface area (Å²) in [6.07, 6.45) is 0. The average Bonchev–Trinajstić information content (AvgIpc) is 2.65. The van der Waals surface area contributed by atoms with Crippen molar-refractivity contribution >= 4 is 23.0 Å². The summed E-state index contributed by atoms with van der Waals surface area (Å²) in [6, 6.07) is 26.7. The molecular formula is C21H19FN2S. The predicted octanol–water partition coefficient (Wildman–Crippen LogP) is 5.24. The highest BCUT2D eigenvalue weighted by Gasteiger charge is 2.21. The minimum atomic E-state index is -0.325. The van der Waals surface area contributed by atoms with Crippen LogP contribution in [-0.2, 0) is 0 Å². The Hall–Kier alpha value is -2.72. The molecule has 0 fully saturated rings. The average molecular weight is 350 g/mol. The van der Waals surface area contributed by atoms with Crippen LogP contribution in [0, 0.1) is 5.82 Å². The van der Waals surface area contributed by atoms with Gasteiger partial charge in [-0.15, -0.1) is 0 Å². The zero-order valence-corrected chi connectivity index (χ0v) is 14.7. The lowest BCUT2D eigenvalue weighted by atomic mass is 9.98. The highest BCUT2D eigenvalue weighted by molar-refractivity contribution is 7.80. The summed E-state index contributed by atoms with van der Waals surface area (Å²) in [4.78, 5) is 1.95. The molecule has 0 aliphatic heterocycles. The SMILES string of the molecule is CN(C(=S)Nc1ccccc1F)C(c1ccccc1)c1ccccc1. The Bertz CT molecular complexity index is 797. The van der Waals surface area contributed by atoms with E-state index in [-0.39, 0.29) is 11.9 Å². The number of hydrogen-bond acceptors (Lipinski definition) is 1. The molecule has 3 aromatic rings. The Morgan fingerprint density at radius 3 is 1.84 bits per heavy atom. The van der Waals surface area contributed by atoms with E-state index in [1.165, 1.54) is 6.07 Å². The zero-order valence-electron chi connectivity index (χ0n) is 13.9. The number of anilines is 1. The van der Waals surface area contributed by atoms with Crippen LogP contribution < -0.4 is 5.32 Å². The van der Waals surface area contributed by atoms with Gasteiger partial charge in [-0.3, -0.25) is 0 Å². The molecule has 0 saturated carbocycles. The van der Waals surface area contributed by atoms with Gasteiger partial charge in [-0.25, -0.2) is 4.39 Å². The molecule has 126 valence electrons. The fraction of sp³-hybridized carbons (Fsp3) is 0.0952. The number of para-hydroxylation sites is 1. The zero-order chi connectivity index (χ0) is 17.6. The highest BCUT2D eigenvalue weighted by Crippen LogP contribution is 2.28. The molecule has 0 aromatic heterocycles. The van der Waals surface area contributed by atoms with E-state index >= 15 is 0 Å². The minimum Gasteiger partial charge on any atom is -0.341 e. The molecule has 0 radical (unpaired) electrons. The first-order valence-electron chi connectivity index (χ1n) is 8.05. The summed E-state index contributed by atoms with van der Waals surface area (Å²) in [5, 5.41) is 3.47. The fourth-order valence-corrected chi connectivity index (χ4v) is 3.01. The van der Waals surface area contributed by atoms with E-state index in [9.17, 15) is 4.39 Å². The molecule has 0 heterocycles. The van der Waals surface area contributed by atoms with Crippen molar-refractivity contribution < 1.29 is 4.39 Å². The van der Waals surface area contributed by atoms with Crippen LogP contribution in [0.4, 0.5) is 10.1 Å². The lowest BCUT2D eigenvalue weighted by molar-refractivity contribution is 0.433. The summed E-state index contributed by atoms with van der Waals surface area (Å²) in [5.41, 5.74) is 2.61. The second-order valence-electron chi connectivity index (χ2n) is 5.74. The highest BCUT2D eigenvalue weighted by atomic mass is 32.1. The van der Waals surface area contributed by atoms with Gasteiger partial charge in [0.25, 0.3) is 0 Å². The van der Waals surface area contributed by atoms with E-state index < -0.39 is 0 Å². The van der Waals surface area contributed by atoms with Crippen LogP contribution >= 0.6 is 12.2 Å². The first-order valence-corrected chi connectivity index (χ1v) is 8.46. The van der Waals surface area contributed by atoms with Gasteiger partial charge >= 0.3 is 0 Å². The lowest BCUT2D eigenvalue weighted by Gasteiger charge is -2.31. The first-order chi connectivity index (χ1) is 12.2. The molecule has 0 bridgehead atoms. The maximum absolute atomic E-state index is 13.9. The standard InChI is InChI=1S/C21H19FN2S/c1-24(21(25)23-19-15-9-8-14-18(19)22)20(16-10-4-2-5-11-16)17-12-6-3-7-13-17/h2-15,20H,1H3,(H,23,25). The minimum absolute atomic E-state index is 0.0610. The van der Waals surface area contributed by atoms with Crippen LogP contribution in [0.1, 0.15) is 17.2 Å². The Balaban J connectivity index is 1.90. The molecule has 3 rings (SSSR count). The van der Waals surface area contributed by atoms with Gasteiger partial charge in [-0.2, -0.15) is 0 Å². The van der Waals surface area contributed by atoms with Crippen LogP contribution in [-0.4, -0.2) is 17.1 Å². The Labute approximate surface area is 152 Å². The second kappa shape index (κ2) is 7.90. The number of rotatable bonds is 4. The maximum Gasteiger partial charge on any atom is 0.174 e. The van der Waals surface area contributed by atoms with E-state index in [0.717, 1.165) is 11.1 Å². The van der Waals surface area contributed by atoms with Crippen molar-refractivity contribution in [1.29, 1.82) is 0 Å². The molecule has 0 atom stereocenters. The van der Waals surface area contributed by atoms with Crippen LogP contribution in [0.3, 0.4) is 0 Å². The van der Waals surface area contributed by atoms with E-state index in [4.69, 9.17) is 12.2 Å². The van der Waals surface area contributed by atoms with Crippen LogP contribution in [0.25, 0.3) is 0 Å². The number of halogens is 1. The summed E-state index contributed by atoms with van der Waals surface area (Å²) in [6.45, 7) is 0. The van der Waals surface area contributed by atoms with Crippen molar-refractivity contribution in [3.63, 3.8) is 0 Å². The van der Waals surface area contributed by atoms with Crippen molar-refractivity contribution in [3.8, 4) is 0 Å². The van der Waals surface area contributed by atoms with Gasteiger partial charge in [0.05, 0.1) is 11.7 Å². The molecule has 4 heteroatoms. The molecule has 25 heavy (non-hydrogen) atoms. The number of thiocarbonyl (C=S) groups is 1. The van der Waals surface area contributed by atoms with E-state index in [1.807, 2.05) is 48.3 Å². The molecule has 0 aliphatic carbocycles. The largest absolute Gasteiger partial charge is 0.341 e. The van der Waals surface area contributed by atoms with Gasteiger partial charge in [0.2, 0.25) is 0 Å². The van der Waals surface area contributed by atoms with Crippen LogP contribution in [0.2, 0.25) is 0 Å². The van der Waals surface area contributed by atoms with Crippen molar-refractivity contribution in [1.82, 2.24) is 4.90 Å². The Kier molecular flexibility index (Phi) is 5.41. The molecular weight excluding hydrogens is 331 g/mol. The van der Waals surface area contributed by atoms with E-state index in [0.29, 0.717) is 10.8 Å². The summed E-state index contributed by atoms with van der Waals surface area (Å²) >= 11 is 5.54. The molecule has 0 amide bonds. The molecule has 0 aliphatic rings. The number of nitrogens with one attached hydrogen (secondary N) is 1. The van der Waals surface area contributed by atoms with Crippen molar-refractivity contribution in [3.05, 3.63) is 102 Å². The van der Waals surface area contributed by atoms with Crippen molar-refractivity contribution in [2.24, 2.45) is 0 Å². The summed E-state index contributed by atoms with van der Waals surface area (Å²) in [5.74, 6) is -0.325. The predicted molar refractivity (Wildman–Crippen MR) is 105 cm³/mol. The molecule has 2 nitrogen and oxygen atoms in total. The smallest absolute Gasteiger partial charge is 0.174 e. The normalized spacial score (nSPS) is 10.5. The third-order valence-electron chi connectivity index (χ3n) is 4.05. The summed E-state index contributed by atoms with van der Waals surface area (Å²) in [7, 11) is 1.92. The number of benzene rings is 3. The van der Waals surface area contributed by atoms with Gasteiger partial charge < -0.3 is 10.2 Å². The monoisotopic (exact) mass is 350 g/mol. The lowest BCUT2D eigenvalue weighted by Crippen LogP contribution is -2.35. The number of hydrogen-bond donors (Lipinski definition) is 1. The molecule has 0 unspecified atom stereocenters. The number of nitrogens with zero attached hydrogens (tertiary/aromatic N) is 1. The van der Waals surface area contributed by atoms with Gasteiger partial charge in [0.15, 0.2) is 5.11 Å². The molecule has 3 aromatic carbocycles. The molecule has 0 saturated heterocycles. The topological polar surface area (TPSA) is 15.3 Å². The Morgan fingerprint density at radius 1 is 0.840 bits per heavy atom. The van der Waals surface area contributed by atoms with Gasteiger partial charge in [-0.1, -0.05) is 72.8 Å². The fourth-order valence-electron chi connectivity index (χ4n) is 2.79. The Morgan fingerprint density at radius 2 is 1.32 bits per heavy atom. The van der Waals surface area contributed by atoms with Gasteiger partial charge in [0.1, 0.15) is 5.82 Å². The quantitative estimate of drug-likeness (QED) is 0.648. The van der Waals surface area contributed by atoms with Crippen LogP contribution in [0.15, 0.2) is 84.9 Å². The van der Waals surface area contributed by atoms with E-state index in [2.05, 4.69) is 29.6 Å². The van der Waals surface area contributed by atoms with Gasteiger partial charge in [0, 0.05) is 7.05 Å². The third kappa shape index (κ3) is 4.03.